The molecule has 0 spiro atoms. The molecule has 0 heterocycles. The number of amides is 2. The standard InChI is InChI=1S/C23H34N2O5/c1-14(2)12-19(17(6)26)24-22(28)16(5)21(27)20(15(3)4)25-23(29)30-13-18-10-8-7-9-11-18/h7-11,14-16,19-20H,12-13H2,1-6H3,(H,24,28)(H,25,29). The number of ether oxygens (including phenoxy) is 1. The van der Waals surface area contributed by atoms with E-state index in [0.717, 1.165) is 5.56 Å². The fraction of sp³-hybridized carbons (Fsp3) is 0.565. The van der Waals surface area contributed by atoms with E-state index in [1.54, 1.807) is 13.8 Å². The van der Waals surface area contributed by atoms with Crippen LogP contribution in [0.3, 0.4) is 0 Å². The molecule has 0 aliphatic heterocycles. The van der Waals surface area contributed by atoms with E-state index in [1.165, 1.54) is 13.8 Å². The Kier molecular flexibility index (Phi) is 10.2. The molecular formula is C23H34N2O5. The zero-order valence-corrected chi connectivity index (χ0v) is 18.7. The molecule has 2 amide bonds. The summed E-state index contributed by atoms with van der Waals surface area (Å²) in [6.07, 6.45) is -0.223. The lowest BCUT2D eigenvalue weighted by Gasteiger charge is -2.25. The molecule has 166 valence electrons. The molecule has 3 unspecified atom stereocenters. The number of nitrogens with one attached hydrogen (secondary N) is 2. The Morgan fingerprint density at radius 2 is 1.53 bits per heavy atom. The van der Waals surface area contributed by atoms with Crippen LogP contribution < -0.4 is 10.6 Å². The number of benzene rings is 1. The van der Waals surface area contributed by atoms with Gasteiger partial charge in [-0.2, -0.15) is 0 Å². The van der Waals surface area contributed by atoms with Crippen molar-refractivity contribution in [3.8, 4) is 0 Å². The van der Waals surface area contributed by atoms with Crippen LogP contribution in [0.5, 0.6) is 0 Å². The second kappa shape index (κ2) is 12.1. The van der Waals surface area contributed by atoms with E-state index >= 15 is 0 Å². The van der Waals surface area contributed by atoms with Crippen LogP contribution in [0.15, 0.2) is 30.3 Å². The van der Waals surface area contributed by atoms with Crippen molar-refractivity contribution in [2.75, 3.05) is 0 Å². The van der Waals surface area contributed by atoms with Gasteiger partial charge in [0.15, 0.2) is 11.6 Å². The lowest BCUT2D eigenvalue weighted by atomic mass is 9.91. The van der Waals surface area contributed by atoms with E-state index in [1.807, 2.05) is 44.2 Å². The van der Waals surface area contributed by atoms with Gasteiger partial charge in [0.05, 0.1) is 18.0 Å². The highest BCUT2D eigenvalue weighted by Gasteiger charge is 2.33. The molecule has 1 rings (SSSR count). The Morgan fingerprint density at radius 3 is 2.03 bits per heavy atom. The molecule has 1 aromatic rings. The third kappa shape index (κ3) is 8.35. The van der Waals surface area contributed by atoms with Gasteiger partial charge in [0.25, 0.3) is 0 Å². The minimum absolute atomic E-state index is 0.0806. The quantitative estimate of drug-likeness (QED) is 0.537. The molecule has 1 aromatic carbocycles. The molecule has 0 aromatic heterocycles. The Morgan fingerprint density at radius 1 is 0.933 bits per heavy atom. The maximum Gasteiger partial charge on any atom is 0.408 e. The van der Waals surface area contributed by atoms with Gasteiger partial charge in [-0.1, -0.05) is 58.0 Å². The first-order chi connectivity index (χ1) is 14.0. The first-order valence-corrected chi connectivity index (χ1v) is 10.3. The molecule has 2 N–H and O–H groups in total. The summed E-state index contributed by atoms with van der Waals surface area (Å²) in [5.74, 6) is -2.14. The van der Waals surface area contributed by atoms with Crippen molar-refractivity contribution in [1.29, 1.82) is 0 Å². The summed E-state index contributed by atoms with van der Waals surface area (Å²) in [4.78, 5) is 49.5. The molecule has 0 fully saturated rings. The van der Waals surface area contributed by atoms with Gasteiger partial charge in [0, 0.05) is 0 Å². The maximum atomic E-state index is 12.9. The van der Waals surface area contributed by atoms with Gasteiger partial charge in [-0.3, -0.25) is 14.4 Å². The predicted octanol–water partition coefficient (Wildman–Crippen LogP) is 3.26. The zero-order chi connectivity index (χ0) is 22.8. The van der Waals surface area contributed by atoms with Crippen molar-refractivity contribution >= 4 is 23.6 Å². The average molecular weight is 419 g/mol. The van der Waals surface area contributed by atoms with Crippen LogP contribution in [0.2, 0.25) is 0 Å². The number of hydrogen-bond donors (Lipinski definition) is 2. The highest BCUT2D eigenvalue weighted by atomic mass is 16.5. The number of hydrogen-bond acceptors (Lipinski definition) is 5. The van der Waals surface area contributed by atoms with E-state index in [2.05, 4.69) is 10.6 Å². The minimum atomic E-state index is -1.01. The van der Waals surface area contributed by atoms with Gasteiger partial charge in [0.2, 0.25) is 5.91 Å². The van der Waals surface area contributed by atoms with E-state index in [9.17, 15) is 19.2 Å². The summed E-state index contributed by atoms with van der Waals surface area (Å²) in [6.45, 7) is 10.4. The van der Waals surface area contributed by atoms with Crippen LogP contribution in [0, 0.1) is 17.8 Å². The Bertz CT molecular complexity index is 730. The second-order valence-corrected chi connectivity index (χ2v) is 8.35. The Balaban J connectivity index is 2.73. The first kappa shape index (κ1) is 25.3. The Hall–Kier alpha value is -2.70. The van der Waals surface area contributed by atoms with Crippen molar-refractivity contribution in [2.24, 2.45) is 17.8 Å². The third-order valence-electron chi connectivity index (χ3n) is 4.79. The number of alkyl carbamates (subject to hydrolysis) is 1. The number of carbonyl (C=O) groups is 4. The lowest BCUT2D eigenvalue weighted by molar-refractivity contribution is -0.137. The summed E-state index contributed by atoms with van der Waals surface area (Å²) >= 11 is 0. The summed E-state index contributed by atoms with van der Waals surface area (Å²) in [5, 5.41) is 5.24. The molecule has 0 saturated heterocycles. The van der Waals surface area contributed by atoms with Crippen LogP contribution in [0.25, 0.3) is 0 Å². The fourth-order valence-electron chi connectivity index (χ4n) is 2.95. The fourth-order valence-corrected chi connectivity index (χ4v) is 2.95. The summed E-state index contributed by atoms with van der Waals surface area (Å²) < 4.78 is 5.19. The molecule has 7 nitrogen and oxygen atoms in total. The molecule has 0 aliphatic rings. The highest BCUT2D eigenvalue weighted by Crippen LogP contribution is 2.13. The third-order valence-corrected chi connectivity index (χ3v) is 4.79. The number of ketones is 2. The largest absolute Gasteiger partial charge is 0.445 e. The number of carbonyl (C=O) groups excluding carboxylic acids is 4. The maximum absolute atomic E-state index is 12.9. The van der Waals surface area contributed by atoms with Gasteiger partial charge in [-0.25, -0.2) is 4.79 Å². The number of Topliss-reactive ketones (excluding diaryl/α,β-unsaturated/α-hetero) is 2. The lowest BCUT2D eigenvalue weighted by Crippen LogP contribution is -2.51. The monoisotopic (exact) mass is 418 g/mol. The summed E-state index contributed by atoms with van der Waals surface area (Å²) in [6, 6.07) is 7.68. The van der Waals surface area contributed by atoms with Gasteiger partial charge < -0.3 is 15.4 Å². The van der Waals surface area contributed by atoms with Gasteiger partial charge in [-0.05, 0) is 37.7 Å². The van der Waals surface area contributed by atoms with Crippen molar-refractivity contribution in [1.82, 2.24) is 10.6 Å². The van der Waals surface area contributed by atoms with Gasteiger partial charge >= 0.3 is 6.09 Å². The highest BCUT2D eigenvalue weighted by molar-refractivity contribution is 6.05. The minimum Gasteiger partial charge on any atom is -0.445 e. The number of rotatable bonds is 11. The van der Waals surface area contributed by atoms with Crippen molar-refractivity contribution in [3.05, 3.63) is 35.9 Å². The van der Waals surface area contributed by atoms with Crippen molar-refractivity contribution in [3.63, 3.8) is 0 Å². The SMILES string of the molecule is CC(=O)C(CC(C)C)NC(=O)C(C)C(=O)C(NC(=O)OCc1ccccc1)C(C)C. The van der Waals surface area contributed by atoms with Crippen LogP contribution in [-0.4, -0.2) is 35.7 Å². The first-order valence-electron chi connectivity index (χ1n) is 10.3. The smallest absolute Gasteiger partial charge is 0.408 e. The molecule has 0 aliphatic carbocycles. The van der Waals surface area contributed by atoms with E-state index in [0.29, 0.717) is 6.42 Å². The van der Waals surface area contributed by atoms with Crippen LogP contribution in [0.1, 0.15) is 53.5 Å². The average Bonchev–Trinajstić information content (AvgIpc) is 2.68. The molecular weight excluding hydrogens is 384 g/mol. The predicted molar refractivity (Wildman–Crippen MR) is 115 cm³/mol. The molecule has 0 saturated carbocycles. The van der Waals surface area contributed by atoms with Gasteiger partial charge in [-0.15, -0.1) is 0 Å². The van der Waals surface area contributed by atoms with Crippen LogP contribution in [-0.2, 0) is 25.7 Å². The van der Waals surface area contributed by atoms with E-state index in [-0.39, 0.29) is 24.2 Å². The molecule has 30 heavy (non-hydrogen) atoms. The molecule has 0 radical (unpaired) electrons. The van der Waals surface area contributed by atoms with E-state index < -0.39 is 35.8 Å². The van der Waals surface area contributed by atoms with Crippen molar-refractivity contribution < 1.29 is 23.9 Å². The van der Waals surface area contributed by atoms with Crippen LogP contribution in [0.4, 0.5) is 4.79 Å². The van der Waals surface area contributed by atoms with E-state index in [4.69, 9.17) is 4.74 Å². The van der Waals surface area contributed by atoms with Crippen molar-refractivity contribution in [2.45, 2.75) is 66.7 Å². The topological polar surface area (TPSA) is 102 Å². The summed E-state index contributed by atoms with van der Waals surface area (Å²) in [7, 11) is 0. The molecule has 7 heteroatoms. The van der Waals surface area contributed by atoms with Crippen LogP contribution >= 0.6 is 0 Å². The second-order valence-electron chi connectivity index (χ2n) is 8.35. The Labute approximate surface area is 178 Å². The van der Waals surface area contributed by atoms with Gasteiger partial charge in [0.1, 0.15) is 6.61 Å². The summed E-state index contributed by atoms with van der Waals surface area (Å²) in [5.41, 5.74) is 0.827. The zero-order valence-electron chi connectivity index (χ0n) is 18.7. The molecule has 3 atom stereocenters. The molecule has 0 bridgehead atoms. The normalized spacial score (nSPS) is 14.0.